The lowest BCUT2D eigenvalue weighted by atomic mass is 10.2. The van der Waals surface area contributed by atoms with Crippen molar-refractivity contribution in [2.24, 2.45) is 0 Å². The minimum absolute atomic E-state index is 0.449. The van der Waals surface area contributed by atoms with E-state index < -0.39 is 22.0 Å². The van der Waals surface area contributed by atoms with E-state index >= 15 is 0 Å². The molecule has 0 heterocycles. The molecule has 0 aromatic heterocycles. The maximum absolute atomic E-state index is 12.2. The molecule has 0 saturated carbocycles. The van der Waals surface area contributed by atoms with E-state index in [1.807, 2.05) is 13.0 Å². The zero-order valence-electron chi connectivity index (χ0n) is 9.56. The molecule has 0 fully saturated rings. The van der Waals surface area contributed by atoms with Gasteiger partial charge in [-0.3, -0.25) is 9.00 Å². The Morgan fingerprint density at radius 1 is 1.53 bits per heavy atom. The van der Waals surface area contributed by atoms with E-state index in [0.29, 0.717) is 11.3 Å². The Kier molecular flexibility index (Phi) is 5.85. The van der Waals surface area contributed by atoms with Crippen molar-refractivity contribution >= 4 is 32.7 Å². The molecule has 1 aromatic carbocycles. The second-order valence-electron chi connectivity index (χ2n) is 3.72. The van der Waals surface area contributed by atoms with Crippen molar-refractivity contribution in [3.63, 3.8) is 0 Å². The minimum Gasteiger partial charge on any atom is -0.480 e. The molecule has 0 aliphatic heterocycles. The first-order valence-corrected chi connectivity index (χ1v) is 7.45. The van der Waals surface area contributed by atoms with Crippen LogP contribution in [0.1, 0.15) is 26.2 Å². The monoisotopic (exact) mass is 318 g/mol. The summed E-state index contributed by atoms with van der Waals surface area (Å²) >= 11 is 3.29. The molecule has 17 heavy (non-hydrogen) atoms. The summed E-state index contributed by atoms with van der Waals surface area (Å²) in [5.41, 5.74) is 0. The largest absolute Gasteiger partial charge is 0.480 e. The number of carboxylic acids is 1. The summed E-state index contributed by atoms with van der Waals surface area (Å²) in [6, 6.07) is 6.99. The summed E-state index contributed by atoms with van der Waals surface area (Å²) in [5.74, 6) is -0.989. The maximum atomic E-state index is 12.2. The average Bonchev–Trinajstić information content (AvgIpc) is 2.29. The molecule has 0 aliphatic carbocycles. The van der Waals surface area contributed by atoms with E-state index in [9.17, 15) is 9.00 Å². The van der Waals surface area contributed by atoms with E-state index in [4.69, 9.17) is 5.11 Å². The first-order valence-electron chi connectivity index (χ1n) is 5.45. The van der Waals surface area contributed by atoms with Gasteiger partial charge in [0.1, 0.15) is 5.25 Å². The molecular formula is C12H15BrO3S. The Balaban J connectivity index is 2.88. The summed E-state index contributed by atoms with van der Waals surface area (Å²) < 4.78 is 13.0. The number of aliphatic carboxylic acids is 1. The number of halogens is 1. The van der Waals surface area contributed by atoms with Crippen LogP contribution in [0.3, 0.4) is 0 Å². The van der Waals surface area contributed by atoms with E-state index in [1.165, 1.54) is 0 Å². The molecule has 0 bridgehead atoms. The predicted molar refractivity (Wildman–Crippen MR) is 71.5 cm³/mol. The van der Waals surface area contributed by atoms with Gasteiger partial charge < -0.3 is 5.11 Å². The van der Waals surface area contributed by atoms with Crippen molar-refractivity contribution in [3.8, 4) is 0 Å². The number of hydrogen-bond donors (Lipinski definition) is 1. The summed E-state index contributed by atoms with van der Waals surface area (Å²) in [6.45, 7) is 1.99. The minimum atomic E-state index is -1.49. The molecule has 0 radical (unpaired) electrons. The number of unbranched alkanes of at least 4 members (excludes halogenated alkanes) is 1. The highest BCUT2D eigenvalue weighted by Crippen LogP contribution is 2.20. The molecular weight excluding hydrogens is 304 g/mol. The Morgan fingerprint density at radius 3 is 2.76 bits per heavy atom. The van der Waals surface area contributed by atoms with E-state index in [-0.39, 0.29) is 0 Å². The third-order valence-corrected chi connectivity index (χ3v) is 4.55. The number of hydrogen-bond acceptors (Lipinski definition) is 2. The van der Waals surface area contributed by atoms with Gasteiger partial charge in [0.2, 0.25) is 0 Å². The van der Waals surface area contributed by atoms with Gasteiger partial charge in [0.15, 0.2) is 0 Å². The van der Waals surface area contributed by atoms with Gasteiger partial charge in [-0.05, 0) is 24.6 Å². The fraction of sp³-hybridized carbons (Fsp3) is 0.417. The lowest BCUT2D eigenvalue weighted by Gasteiger charge is -2.11. The molecule has 3 nitrogen and oxygen atoms in total. The molecule has 0 aliphatic rings. The summed E-state index contributed by atoms with van der Waals surface area (Å²) in [6.07, 6.45) is 2.13. The molecule has 0 amide bonds. The van der Waals surface area contributed by atoms with E-state index in [0.717, 1.165) is 17.3 Å². The van der Waals surface area contributed by atoms with Gasteiger partial charge in [-0.15, -0.1) is 0 Å². The van der Waals surface area contributed by atoms with Gasteiger partial charge in [0.25, 0.3) is 0 Å². The smallest absolute Gasteiger partial charge is 0.319 e. The van der Waals surface area contributed by atoms with Crippen molar-refractivity contribution in [3.05, 3.63) is 28.7 Å². The van der Waals surface area contributed by atoms with Crippen molar-refractivity contribution in [2.75, 3.05) is 0 Å². The molecule has 1 aromatic rings. The highest BCUT2D eigenvalue weighted by atomic mass is 79.9. The van der Waals surface area contributed by atoms with E-state index in [2.05, 4.69) is 15.9 Å². The molecule has 2 atom stereocenters. The topological polar surface area (TPSA) is 54.4 Å². The molecule has 0 saturated heterocycles. The summed E-state index contributed by atoms with van der Waals surface area (Å²) in [7, 11) is -1.49. The van der Waals surface area contributed by atoms with Crippen LogP contribution in [-0.2, 0) is 15.6 Å². The Hall–Kier alpha value is -0.680. The number of rotatable bonds is 6. The molecule has 94 valence electrons. The molecule has 5 heteroatoms. The van der Waals surface area contributed by atoms with Crippen molar-refractivity contribution in [2.45, 2.75) is 36.3 Å². The van der Waals surface area contributed by atoms with Gasteiger partial charge in [-0.25, -0.2) is 0 Å². The second-order valence-corrected chi connectivity index (χ2v) is 6.27. The summed E-state index contributed by atoms with van der Waals surface area (Å²) in [5, 5.41) is 8.28. The maximum Gasteiger partial charge on any atom is 0.319 e. The Labute approximate surface area is 112 Å². The quantitative estimate of drug-likeness (QED) is 0.876. The first kappa shape index (κ1) is 14.4. The number of carbonyl (C=O) groups is 1. The molecule has 0 spiro atoms. The zero-order valence-corrected chi connectivity index (χ0v) is 12.0. The average molecular weight is 319 g/mol. The standard InChI is InChI=1S/C12H15BrO3S/c1-2-3-7-11(12(14)15)17(16)10-6-4-5-9(13)8-10/h4-6,8,11H,2-3,7H2,1H3,(H,14,15). The Morgan fingerprint density at radius 2 is 2.24 bits per heavy atom. The van der Waals surface area contributed by atoms with Crippen LogP contribution in [0.15, 0.2) is 33.6 Å². The fourth-order valence-electron chi connectivity index (χ4n) is 1.47. The third kappa shape index (κ3) is 4.24. The van der Waals surface area contributed by atoms with Crippen molar-refractivity contribution in [1.82, 2.24) is 0 Å². The van der Waals surface area contributed by atoms with Crippen LogP contribution in [0.4, 0.5) is 0 Å². The van der Waals surface area contributed by atoms with Crippen LogP contribution in [0.2, 0.25) is 0 Å². The first-order chi connectivity index (χ1) is 8.06. The van der Waals surface area contributed by atoms with Crippen LogP contribution in [0, 0.1) is 0 Å². The van der Waals surface area contributed by atoms with Gasteiger partial charge in [0, 0.05) is 9.37 Å². The summed E-state index contributed by atoms with van der Waals surface area (Å²) in [4.78, 5) is 11.7. The highest BCUT2D eigenvalue weighted by Gasteiger charge is 2.25. The number of carboxylic acid groups (broad SMARTS) is 1. The molecule has 2 unspecified atom stereocenters. The SMILES string of the molecule is CCCCC(C(=O)O)S(=O)c1cccc(Br)c1. The second kappa shape index (κ2) is 6.91. The van der Waals surface area contributed by atoms with E-state index in [1.54, 1.807) is 18.2 Å². The number of benzene rings is 1. The Bertz CT molecular complexity index is 420. The van der Waals surface area contributed by atoms with Crippen LogP contribution in [0.25, 0.3) is 0 Å². The van der Waals surface area contributed by atoms with Crippen LogP contribution in [-0.4, -0.2) is 20.5 Å². The van der Waals surface area contributed by atoms with Crippen molar-refractivity contribution in [1.29, 1.82) is 0 Å². The molecule has 1 N–H and O–H groups in total. The van der Waals surface area contributed by atoms with Crippen LogP contribution < -0.4 is 0 Å². The van der Waals surface area contributed by atoms with Crippen LogP contribution >= 0.6 is 15.9 Å². The van der Waals surface area contributed by atoms with Crippen molar-refractivity contribution < 1.29 is 14.1 Å². The van der Waals surface area contributed by atoms with Gasteiger partial charge >= 0.3 is 5.97 Å². The lowest BCUT2D eigenvalue weighted by Crippen LogP contribution is -2.25. The fourth-order valence-corrected chi connectivity index (χ4v) is 3.37. The normalized spacial score (nSPS) is 14.2. The van der Waals surface area contributed by atoms with Gasteiger partial charge in [-0.1, -0.05) is 41.8 Å². The highest BCUT2D eigenvalue weighted by molar-refractivity contribution is 9.10. The van der Waals surface area contributed by atoms with Gasteiger partial charge in [0.05, 0.1) is 10.8 Å². The zero-order chi connectivity index (χ0) is 12.8. The van der Waals surface area contributed by atoms with Crippen LogP contribution in [0.5, 0.6) is 0 Å². The lowest BCUT2D eigenvalue weighted by molar-refractivity contribution is -0.136. The molecule has 1 rings (SSSR count). The predicted octanol–water partition coefficient (Wildman–Crippen LogP) is 3.20. The van der Waals surface area contributed by atoms with Gasteiger partial charge in [-0.2, -0.15) is 0 Å². The third-order valence-electron chi connectivity index (χ3n) is 2.38.